The van der Waals surface area contributed by atoms with E-state index in [1.807, 2.05) is 43.3 Å². The maximum Gasteiger partial charge on any atom is 0.275 e. The molecule has 2 N–H and O–H groups in total. The molecule has 0 bridgehead atoms. The van der Waals surface area contributed by atoms with E-state index in [1.54, 1.807) is 31.3 Å². The average Bonchev–Trinajstić information content (AvgIpc) is 3.00. The fourth-order valence-corrected chi connectivity index (χ4v) is 2.25. The summed E-state index contributed by atoms with van der Waals surface area (Å²) in [5.41, 5.74) is 3.10. The van der Waals surface area contributed by atoms with Gasteiger partial charge < -0.3 is 20.1 Å². The highest BCUT2D eigenvalue weighted by atomic mass is 16.5. The number of carbonyl (C=O) groups excluding carboxylic acids is 1. The first-order chi connectivity index (χ1) is 12.0. The van der Waals surface area contributed by atoms with E-state index in [2.05, 4.69) is 20.8 Å². The fraction of sp³-hybridized carbons (Fsp3) is 0.167. The molecule has 2 aromatic heterocycles. The molecule has 7 heteroatoms. The van der Waals surface area contributed by atoms with Crippen molar-refractivity contribution in [2.45, 2.75) is 6.92 Å². The number of hydrogen-bond acceptors (Lipinski definition) is 6. The minimum atomic E-state index is -0.347. The van der Waals surface area contributed by atoms with E-state index in [4.69, 9.17) is 4.52 Å². The van der Waals surface area contributed by atoms with E-state index in [0.717, 1.165) is 17.1 Å². The van der Waals surface area contributed by atoms with Crippen LogP contribution in [0.3, 0.4) is 0 Å². The summed E-state index contributed by atoms with van der Waals surface area (Å²) in [5.74, 6) is 0.640. The molecule has 0 saturated heterocycles. The Morgan fingerprint density at radius 1 is 1.08 bits per heavy atom. The van der Waals surface area contributed by atoms with Crippen LogP contribution in [0.25, 0.3) is 0 Å². The Kier molecular flexibility index (Phi) is 4.65. The van der Waals surface area contributed by atoms with Crippen LogP contribution in [0.15, 0.2) is 53.2 Å². The molecule has 0 aliphatic carbocycles. The van der Waals surface area contributed by atoms with Crippen LogP contribution in [0.4, 0.5) is 22.9 Å². The summed E-state index contributed by atoms with van der Waals surface area (Å²) >= 11 is 0. The molecule has 128 valence electrons. The van der Waals surface area contributed by atoms with E-state index in [9.17, 15) is 4.79 Å². The zero-order chi connectivity index (χ0) is 17.8. The van der Waals surface area contributed by atoms with Gasteiger partial charge in [0, 0.05) is 43.4 Å². The molecule has 25 heavy (non-hydrogen) atoms. The minimum Gasteiger partial charge on any atom is -0.378 e. The van der Waals surface area contributed by atoms with Crippen molar-refractivity contribution >= 4 is 28.8 Å². The topological polar surface area (TPSA) is 83.3 Å². The van der Waals surface area contributed by atoms with E-state index in [1.165, 1.54) is 0 Å². The molecule has 3 aromatic rings. The van der Waals surface area contributed by atoms with E-state index in [-0.39, 0.29) is 11.6 Å². The van der Waals surface area contributed by atoms with Crippen molar-refractivity contribution in [3.8, 4) is 0 Å². The smallest absolute Gasteiger partial charge is 0.275 e. The number of rotatable bonds is 5. The Bertz CT molecular complexity index is 871. The lowest BCUT2D eigenvalue weighted by Crippen LogP contribution is -2.14. The molecule has 0 aliphatic heterocycles. The van der Waals surface area contributed by atoms with Crippen LogP contribution < -0.4 is 15.5 Å². The maximum absolute atomic E-state index is 12.3. The summed E-state index contributed by atoms with van der Waals surface area (Å²) < 4.78 is 4.93. The Hall–Kier alpha value is -3.35. The highest BCUT2D eigenvalue weighted by Gasteiger charge is 2.11. The number of anilines is 4. The average molecular weight is 337 g/mol. The van der Waals surface area contributed by atoms with Gasteiger partial charge in [0.2, 0.25) is 0 Å². The van der Waals surface area contributed by atoms with E-state index < -0.39 is 0 Å². The van der Waals surface area contributed by atoms with E-state index in [0.29, 0.717) is 11.6 Å². The molecule has 0 unspecified atom stereocenters. The molecular weight excluding hydrogens is 318 g/mol. The summed E-state index contributed by atoms with van der Waals surface area (Å²) in [6.45, 7) is 1.76. The van der Waals surface area contributed by atoms with Gasteiger partial charge in [-0.05, 0) is 43.3 Å². The predicted molar refractivity (Wildman–Crippen MR) is 97.5 cm³/mol. The zero-order valence-corrected chi connectivity index (χ0v) is 14.3. The molecule has 2 heterocycles. The minimum absolute atomic E-state index is 0.288. The second kappa shape index (κ2) is 7.04. The fourth-order valence-electron chi connectivity index (χ4n) is 2.25. The summed E-state index contributed by atoms with van der Waals surface area (Å²) in [7, 11) is 3.99. The molecule has 1 aromatic carbocycles. The molecule has 0 aliphatic rings. The second-order valence-electron chi connectivity index (χ2n) is 5.77. The second-order valence-corrected chi connectivity index (χ2v) is 5.77. The van der Waals surface area contributed by atoms with Crippen LogP contribution in [0.5, 0.6) is 0 Å². The third kappa shape index (κ3) is 4.14. The number of pyridine rings is 1. The highest BCUT2D eigenvalue weighted by molar-refractivity contribution is 6.02. The van der Waals surface area contributed by atoms with Gasteiger partial charge in [-0.25, -0.2) is 0 Å². The highest BCUT2D eigenvalue weighted by Crippen LogP contribution is 2.20. The largest absolute Gasteiger partial charge is 0.378 e. The molecule has 0 radical (unpaired) electrons. The van der Waals surface area contributed by atoms with Crippen molar-refractivity contribution < 1.29 is 9.32 Å². The number of carbonyl (C=O) groups is 1. The van der Waals surface area contributed by atoms with Gasteiger partial charge in [-0.1, -0.05) is 5.16 Å². The van der Waals surface area contributed by atoms with Crippen LogP contribution in [-0.2, 0) is 0 Å². The Morgan fingerprint density at radius 3 is 2.48 bits per heavy atom. The summed E-state index contributed by atoms with van der Waals surface area (Å²) in [5, 5.41) is 9.65. The number of aryl methyl sites for hydroxylation is 1. The number of aromatic nitrogens is 2. The van der Waals surface area contributed by atoms with E-state index >= 15 is 0 Å². The summed E-state index contributed by atoms with van der Waals surface area (Å²) in [6.07, 6.45) is 1.58. The van der Waals surface area contributed by atoms with Gasteiger partial charge in [-0.3, -0.25) is 9.78 Å². The molecule has 3 rings (SSSR count). The van der Waals surface area contributed by atoms with Crippen LogP contribution in [0, 0.1) is 6.92 Å². The lowest BCUT2D eigenvalue weighted by atomic mass is 10.2. The Balaban J connectivity index is 1.71. The standard InChI is InChI=1S/C18H19N5O2/c1-12-10-17(22-25-12)21-18(24)16-11-14(8-9-19-16)20-13-4-6-15(7-5-13)23(2)3/h4-11H,1-3H3,(H,19,20)(H,21,22,24). The van der Waals surface area contributed by atoms with Crippen molar-refractivity contribution in [3.05, 3.63) is 60.1 Å². The van der Waals surface area contributed by atoms with Crippen molar-refractivity contribution in [3.63, 3.8) is 0 Å². The molecule has 7 nitrogen and oxygen atoms in total. The van der Waals surface area contributed by atoms with Gasteiger partial charge in [-0.2, -0.15) is 0 Å². The first-order valence-corrected chi connectivity index (χ1v) is 7.76. The normalized spacial score (nSPS) is 10.4. The third-order valence-electron chi connectivity index (χ3n) is 3.53. The van der Waals surface area contributed by atoms with Gasteiger partial charge in [0.05, 0.1) is 0 Å². The first-order valence-electron chi connectivity index (χ1n) is 7.76. The molecule has 0 atom stereocenters. The van der Waals surface area contributed by atoms with Crippen LogP contribution in [0.1, 0.15) is 16.2 Å². The third-order valence-corrected chi connectivity index (χ3v) is 3.53. The van der Waals surface area contributed by atoms with Gasteiger partial charge in [0.1, 0.15) is 11.5 Å². The van der Waals surface area contributed by atoms with Gasteiger partial charge in [0.15, 0.2) is 5.82 Å². The lowest BCUT2D eigenvalue weighted by Gasteiger charge is -2.13. The number of nitrogens with one attached hydrogen (secondary N) is 2. The molecule has 0 saturated carbocycles. The monoisotopic (exact) mass is 337 g/mol. The van der Waals surface area contributed by atoms with Gasteiger partial charge >= 0.3 is 0 Å². The Morgan fingerprint density at radius 2 is 1.84 bits per heavy atom. The quantitative estimate of drug-likeness (QED) is 0.742. The van der Waals surface area contributed by atoms with Crippen LogP contribution >= 0.6 is 0 Å². The van der Waals surface area contributed by atoms with Crippen molar-refractivity contribution in [2.75, 3.05) is 29.6 Å². The lowest BCUT2D eigenvalue weighted by molar-refractivity contribution is 0.102. The predicted octanol–water partition coefficient (Wildman–Crippen LogP) is 3.44. The molecule has 0 fully saturated rings. The van der Waals surface area contributed by atoms with Crippen LogP contribution in [-0.4, -0.2) is 30.1 Å². The number of amides is 1. The van der Waals surface area contributed by atoms with Crippen molar-refractivity contribution in [2.24, 2.45) is 0 Å². The van der Waals surface area contributed by atoms with Crippen LogP contribution in [0.2, 0.25) is 0 Å². The molecule has 0 spiro atoms. The summed E-state index contributed by atoms with van der Waals surface area (Å²) in [6, 6.07) is 13.1. The maximum atomic E-state index is 12.3. The molecular formula is C18H19N5O2. The summed E-state index contributed by atoms with van der Waals surface area (Å²) in [4.78, 5) is 18.4. The Labute approximate surface area is 145 Å². The SMILES string of the molecule is Cc1cc(NC(=O)c2cc(Nc3ccc(N(C)C)cc3)ccn2)no1. The first kappa shape index (κ1) is 16.5. The number of hydrogen-bond donors (Lipinski definition) is 2. The number of nitrogens with zero attached hydrogens (tertiary/aromatic N) is 3. The zero-order valence-electron chi connectivity index (χ0n) is 14.3. The molecule has 1 amide bonds. The van der Waals surface area contributed by atoms with Crippen molar-refractivity contribution in [1.29, 1.82) is 0 Å². The van der Waals surface area contributed by atoms with Gasteiger partial charge in [0.25, 0.3) is 5.91 Å². The number of benzene rings is 1. The van der Waals surface area contributed by atoms with Crippen molar-refractivity contribution in [1.82, 2.24) is 10.1 Å². The van der Waals surface area contributed by atoms with Gasteiger partial charge in [-0.15, -0.1) is 0 Å².